The van der Waals surface area contributed by atoms with Crippen LogP contribution in [0.2, 0.25) is 0 Å². The molecule has 0 amide bonds. The summed E-state index contributed by atoms with van der Waals surface area (Å²) >= 11 is 0. The maximum Gasteiger partial charge on any atom is 0.214 e. The molecule has 1 saturated carbocycles. The number of fused-ring (bicyclic) bond motifs is 1. The van der Waals surface area contributed by atoms with Gasteiger partial charge in [0, 0.05) is 29.4 Å². The number of halogens is 2. The average molecular weight is 502 g/mol. The summed E-state index contributed by atoms with van der Waals surface area (Å²) in [6, 6.07) is 6.05. The van der Waals surface area contributed by atoms with Crippen LogP contribution < -0.4 is 10.6 Å². The van der Waals surface area contributed by atoms with Crippen molar-refractivity contribution in [1.82, 2.24) is 30.2 Å². The molecule has 1 saturated heterocycles. The molecule has 0 spiro atoms. The third-order valence-corrected chi connectivity index (χ3v) is 7.55. The Balaban J connectivity index is 1.40. The lowest BCUT2D eigenvalue weighted by atomic mass is 9.78. The van der Waals surface area contributed by atoms with Gasteiger partial charge in [-0.15, -0.1) is 0 Å². The molecule has 2 N–H and O–H groups in total. The summed E-state index contributed by atoms with van der Waals surface area (Å²) in [5, 5.41) is 7.46. The molecule has 4 aromatic heterocycles. The van der Waals surface area contributed by atoms with E-state index < -0.39 is 11.8 Å². The Labute approximate surface area is 214 Å². The van der Waals surface area contributed by atoms with E-state index in [1.54, 1.807) is 12.3 Å². The maximum absolute atomic E-state index is 14.1. The van der Waals surface area contributed by atoms with Crippen LogP contribution in [0.15, 0.2) is 42.9 Å². The molecule has 2 fully saturated rings. The van der Waals surface area contributed by atoms with Crippen LogP contribution in [0.3, 0.4) is 0 Å². The fraction of sp³-hybridized carbons (Fsp3) is 0.393. The fourth-order valence-corrected chi connectivity index (χ4v) is 5.45. The third-order valence-electron chi connectivity index (χ3n) is 7.55. The summed E-state index contributed by atoms with van der Waals surface area (Å²) in [6.45, 7) is 3.25. The summed E-state index contributed by atoms with van der Waals surface area (Å²) in [4.78, 5) is 22.4. The van der Waals surface area contributed by atoms with Crippen molar-refractivity contribution in [3.63, 3.8) is 0 Å². The lowest BCUT2D eigenvalue weighted by Crippen LogP contribution is -2.36. The van der Waals surface area contributed by atoms with Crippen LogP contribution in [0.5, 0.6) is 0 Å². The summed E-state index contributed by atoms with van der Waals surface area (Å²) in [7, 11) is 0. The Bertz CT molecular complexity index is 1440. The lowest BCUT2D eigenvalue weighted by molar-refractivity contribution is 0.313. The van der Waals surface area contributed by atoms with Gasteiger partial charge >= 0.3 is 0 Å². The minimum Gasteiger partial charge on any atom is -0.322 e. The van der Waals surface area contributed by atoms with Crippen molar-refractivity contribution in [3.05, 3.63) is 65.9 Å². The highest BCUT2D eigenvalue weighted by molar-refractivity contribution is 5.86. The summed E-state index contributed by atoms with van der Waals surface area (Å²) in [5.74, 6) is 0.291. The van der Waals surface area contributed by atoms with Gasteiger partial charge in [0.1, 0.15) is 5.82 Å². The predicted octanol–water partition coefficient (Wildman–Crippen LogP) is 5.70. The van der Waals surface area contributed by atoms with Crippen LogP contribution >= 0.6 is 0 Å². The van der Waals surface area contributed by atoms with Crippen molar-refractivity contribution < 1.29 is 8.78 Å². The molecule has 5 heterocycles. The van der Waals surface area contributed by atoms with E-state index >= 15 is 0 Å². The van der Waals surface area contributed by atoms with Crippen molar-refractivity contribution >= 4 is 22.5 Å². The molecule has 7 nitrogen and oxygen atoms in total. The van der Waals surface area contributed by atoms with Crippen LogP contribution in [-0.4, -0.2) is 37.5 Å². The molecular formula is C28H29F2N7. The van der Waals surface area contributed by atoms with Crippen LogP contribution in [0.1, 0.15) is 56.2 Å². The molecule has 37 heavy (non-hydrogen) atoms. The lowest BCUT2D eigenvalue weighted by Gasteiger charge is -2.30. The standard InChI is InChI=1S/C28H29F2N7/c1-16-11-17(7-9-32-16)12-22-26-20(18-3-2-4-18)14-31-15-23(26)35-27(34-22)19-8-10-33-25(13-19)37-28-21(29)5-6-24(30)36-28/h5-6,8,10,13-18,32H,2-4,7,9,11-12H2,1H3,(H,33,36,37)/t16-,17-/m0/s1. The van der Waals surface area contributed by atoms with Crippen LogP contribution in [0.25, 0.3) is 22.3 Å². The molecule has 1 aliphatic heterocycles. The Kier molecular flexibility index (Phi) is 6.46. The fourth-order valence-electron chi connectivity index (χ4n) is 5.45. The van der Waals surface area contributed by atoms with E-state index in [9.17, 15) is 8.78 Å². The van der Waals surface area contributed by atoms with Gasteiger partial charge < -0.3 is 10.6 Å². The van der Waals surface area contributed by atoms with Crippen molar-refractivity contribution in [3.8, 4) is 11.4 Å². The van der Waals surface area contributed by atoms with E-state index in [2.05, 4.69) is 32.5 Å². The van der Waals surface area contributed by atoms with Gasteiger partial charge in [-0.1, -0.05) is 6.42 Å². The van der Waals surface area contributed by atoms with Gasteiger partial charge in [0.25, 0.3) is 0 Å². The number of piperidine rings is 1. The van der Waals surface area contributed by atoms with E-state index in [1.165, 1.54) is 24.8 Å². The van der Waals surface area contributed by atoms with E-state index in [4.69, 9.17) is 9.97 Å². The zero-order valence-electron chi connectivity index (χ0n) is 20.7. The van der Waals surface area contributed by atoms with Gasteiger partial charge in [0.15, 0.2) is 17.5 Å². The third kappa shape index (κ3) is 5.00. The predicted molar refractivity (Wildman–Crippen MR) is 138 cm³/mol. The summed E-state index contributed by atoms with van der Waals surface area (Å²) in [6.07, 6.45) is 12.1. The number of hydrogen-bond donors (Lipinski definition) is 2. The first-order valence-corrected chi connectivity index (χ1v) is 13.0. The van der Waals surface area contributed by atoms with E-state index in [-0.39, 0.29) is 5.82 Å². The first kappa shape index (κ1) is 23.8. The first-order valence-electron chi connectivity index (χ1n) is 13.0. The Hall–Kier alpha value is -3.59. The number of hydrogen-bond acceptors (Lipinski definition) is 7. The highest BCUT2D eigenvalue weighted by atomic mass is 19.1. The zero-order valence-corrected chi connectivity index (χ0v) is 20.7. The second-order valence-electron chi connectivity index (χ2n) is 10.2. The molecule has 0 bridgehead atoms. The molecule has 4 aromatic rings. The largest absolute Gasteiger partial charge is 0.322 e. The summed E-state index contributed by atoms with van der Waals surface area (Å²) in [5.41, 5.74) is 3.89. The molecule has 0 radical (unpaired) electrons. The van der Waals surface area contributed by atoms with Gasteiger partial charge in [0.2, 0.25) is 5.95 Å². The SMILES string of the molecule is C[C@H]1C[C@@H](Cc2nc(-c3ccnc(Nc4nc(F)ccc4F)c3)nc3cncc(C4CCC4)c23)CCN1. The molecule has 190 valence electrons. The zero-order chi connectivity index (χ0) is 25.4. The smallest absolute Gasteiger partial charge is 0.214 e. The van der Waals surface area contributed by atoms with Crippen molar-refractivity contribution in [2.24, 2.45) is 5.92 Å². The highest BCUT2D eigenvalue weighted by Crippen LogP contribution is 2.40. The van der Waals surface area contributed by atoms with Crippen molar-refractivity contribution in [2.45, 2.75) is 57.4 Å². The van der Waals surface area contributed by atoms with Crippen LogP contribution in [-0.2, 0) is 6.42 Å². The number of nitrogens with zero attached hydrogens (tertiary/aromatic N) is 5. The quantitative estimate of drug-likeness (QED) is 0.328. The molecule has 6 rings (SSSR count). The normalized spacial score (nSPS) is 20.1. The molecule has 2 atom stereocenters. The monoisotopic (exact) mass is 501 g/mol. The molecule has 1 aliphatic carbocycles. The maximum atomic E-state index is 14.1. The van der Waals surface area contributed by atoms with Gasteiger partial charge in [-0.25, -0.2) is 19.3 Å². The van der Waals surface area contributed by atoms with E-state index in [0.29, 0.717) is 29.5 Å². The second kappa shape index (κ2) is 10.0. The second-order valence-corrected chi connectivity index (χ2v) is 10.2. The van der Waals surface area contributed by atoms with E-state index in [0.717, 1.165) is 60.1 Å². The Morgan fingerprint density at radius 3 is 2.76 bits per heavy atom. The average Bonchev–Trinajstić information content (AvgIpc) is 2.85. The van der Waals surface area contributed by atoms with Crippen LogP contribution in [0, 0.1) is 17.7 Å². The highest BCUT2D eigenvalue weighted by Gasteiger charge is 2.26. The number of pyridine rings is 3. The topological polar surface area (TPSA) is 88.5 Å². The number of anilines is 2. The Morgan fingerprint density at radius 1 is 1.05 bits per heavy atom. The van der Waals surface area contributed by atoms with Gasteiger partial charge in [0.05, 0.1) is 17.4 Å². The van der Waals surface area contributed by atoms with Crippen molar-refractivity contribution in [1.29, 1.82) is 0 Å². The number of aromatic nitrogens is 5. The Morgan fingerprint density at radius 2 is 1.95 bits per heavy atom. The molecular weight excluding hydrogens is 472 g/mol. The molecule has 9 heteroatoms. The van der Waals surface area contributed by atoms with Gasteiger partial charge in [-0.2, -0.15) is 9.37 Å². The van der Waals surface area contributed by atoms with Gasteiger partial charge in [-0.3, -0.25) is 4.98 Å². The molecule has 0 unspecified atom stereocenters. The van der Waals surface area contributed by atoms with Crippen molar-refractivity contribution in [2.75, 3.05) is 11.9 Å². The first-order chi connectivity index (χ1) is 18.0. The minimum atomic E-state index is -0.774. The number of rotatable bonds is 6. The van der Waals surface area contributed by atoms with Gasteiger partial charge in [-0.05, 0) is 87.2 Å². The van der Waals surface area contributed by atoms with E-state index in [1.807, 2.05) is 18.5 Å². The summed E-state index contributed by atoms with van der Waals surface area (Å²) < 4.78 is 27.7. The minimum absolute atomic E-state index is 0.223. The van der Waals surface area contributed by atoms with Crippen LogP contribution in [0.4, 0.5) is 20.4 Å². The number of nitrogens with one attached hydrogen (secondary N) is 2. The molecule has 0 aromatic carbocycles. The molecule has 2 aliphatic rings.